The van der Waals surface area contributed by atoms with Crippen molar-refractivity contribution in [2.45, 2.75) is 31.8 Å². The Kier molecular flexibility index (Phi) is 4.62. The molecule has 1 saturated carbocycles. The van der Waals surface area contributed by atoms with E-state index in [1.165, 1.54) is 0 Å². The van der Waals surface area contributed by atoms with E-state index >= 15 is 0 Å². The first-order chi connectivity index (χ1) is 11.2. The van der Waals surface area contributed by atoms with Gasteiger partial charge in [-0.05, 0) is 37.5 Å². The zero-order valence-corrected chi connectivity index (χ0v) is 13.2. The predicted molar refractivity (Wildman–Crippen MR) is 87.3 cm³/mol. The van der Waals surface area contributed by atoms with Crippen molar-refractivity contribution in [2.75, 3.05) is 13.2 Å². The highest BCUT2D eigenvalue weighted by atomic mass is 16.3. The summed E-state index contributed by atoms with van der Waals surface area (Å²) in [6, 6.07) is 8.08. The van der Waals surface area contributed by atoms with Gasteiger partial charge in [-0.25, -0.2) is 9.78 Å². The largest absolute Gasteiger partial charge is 0.395 e. The van der Waals surface area contributed by atoms with E-state index < -0.39 is 0 Å². The third-order valence-corrected chi connectivity index (χ3v) is 4.10. The zero-order valence-electron chi connectivity index (χ0n) is 13.2. The second kappa shape index (κ2) is 6.83. The summed E-state index contributed by atoms with van der Waals surface area (Å²) in [7, 11) is 0. The maximum atomic E-state index is 12.4. The molecule has 3 rings (SSSR count). The van der Waals surface area contributed by atoms with E-state index in [1.54, 1.807) is 17.4 Å². The van der Waals surface area contributed by atoms with Gasteiger partial charge in [0.1, 0.15) is 0 Å². The van der Waals surface area contributed by atoms with Gasteiger partial charge in [0.15, 0.2) is 0 Å². The van der Waals surface area contributed by atoms with Gasteiger partial charge in [-0.3, -0.25) is 0 Å². The summed E-state index contributed by atoms with van der Waals surface area (Å²) in [6.07, 6.45) is 7.42. The van der Waals surface area contributed by atoms with Gasteiger partial charge in [0.25, 0.3) is 0 Å². The van der Waals surface area contributed by atoms with Gasteiger partial charge in [0, 0.05) is 30.7 Å². The molecule has 1 aromatic carbocycles. The SMILES string of the molecule is C[C@@H](NC(=O)N(CCO)C1CC1)c1cccc(-n2ccnc2)c1. The van der Waals surface area contributed by atoms with Gasteiger partial charge in [0.2, 0.25) is 0 Å². The Labute approximate surface area is 135 Å². The fourth-order valence-electron chi connectivity index (χ4n) is 2.66. The molecule has 1 heterocycles. The second-order valence-electron chi connectivity index (χ2n) is 5.88. The van der Waals surface area contributed by atoms with Crippen LogP contribution in [0.15, 0.2) is 43.0 Å². The highest BCUT2D eigenvalue weighted by Gasteiger charge is 2.32. The number of amides is 2. The highest BCUT2D eigenvalue weighted by molar-refractivity contribution is 5.75. The lowest BCUT2D eigenvalue weighted by molar-refractivity contribution is 0.171. The molecule has 23 heavy (non-hydrogen) atoms. The Morgan fingerprint density at radius 1 is 1.52 bits per heavy atom. The Morgan fingerprint density at radius 2 is 2.35 bits per heavy atom. The van der Waals surface area contributed by atoms with Gasteiger partial charge in [-0.15, -0.1) is 0 Å². The van der Waals surface area contributed by atoms with E-state index in [1.807, 2.05) is 42.0 Å². The number of carbonyl (C=O) groups is 1. The zero-order chi connectivity index (χ0) is 16.2. The number of imidazole rings is 1. The van der Waals surface area contributed by atoms with Crippen molar-refractivity contribution in [3.8, 4) is 5.69 Å². The van der Waals surface area contributed by atoms with Crippen LogP contribution in [0.1, 0.15) is 31.4 Å². The van der Waals surface area contributed by atoms with E-state index in [-0.39, 0.29) is 24.7 Å². The van der Waals surface area contributed by atoms with Crippen LogP contribution in [0.5, 0.6) is 0 Å². The van der Waals surface area contributed by atoms with Crippen molar-refractivity contribution in [3.05, 3.63) is 48.5 Å². The molecule has 2 aromatic rings. The molecule has 0 saturated heterocycles. The average Bonchev–Trinajstić information content (AvgIpc) is 3.25. The molecule has 0 bridgehead atoms. The maximum Gasteiger partial charge on any atom is 0.318 e. The summed E-state index contributed by atoms with van der Waals surface area (Å²) >= 11 is 0. The minimum atomic E-state index is -0.109. The molecule has 2 amide bonds. The van der Waals surface area contributed by atoms with E-state index in [9.17, 15) is 4.79 Å². The number of hydrogen-bond donors (Lipinski definition) is 2. The van der Waals surface area contributed by atoms with E-state index in [2.05, 4.69) is 10.3 Å². The number of aliphatic hydroxyl groups is 1. The lowest BCUT2D eigenvalue weighted by atomic mass is 10.1. The van der Waals surface area contributed by atoms with Crippen LogP contribution in [-0.2, 0) is 0 Å². The number of rotatable bonds is 6. The molecule has 1 aliphatic carbocycles. The van der Waals surface area contributed by atoms with E-state index in [4.69, 9.17) is 5.11 Å². The summed E-state index contributed by atoms with van der Waals surface area (Å²) in [5.74, 6) is 0. The van der Waals surface area contributed by atoms with Crippen LogP contribution in [-0.4, -0.2) is 44.8 Å². The lowest BCUT2D eigenvalue weighted by Crippen LogP contribution is -2.43. The number of benzene rings is 1. The molecule has 1 fully saturated rings. The van der Waals surface area contributed by atoms with E-state index in [0.717, 1.165) is 24.1 Å². The van der Waals surface area contributed by atoms with Crippen molar-refractivity contribution < 1.29 is 9.90 Å². The Bertz CT molecular complexity index is 652. The van der Waals surface area contributed by atoms with Crippen molar-refractivity contribution in [1.29, 1.82) is 0 Å². The quantitative estimate of drug-likeness (QED) is 0.858. The Balaban J connectivity index is 1.69. The molecular formula is C17H22N4O2. The molecule has 0 spiro atoms. The first kappa shape index (κ1) is 15.6. The van der Waals surface area contributed by atoms with Crippen LogP contribution in [0.3, 0.4) is 0 Å². The summed E-state index contributed by atoms with van der Waals surface area (Å²) in [5.41, 5.74) is 2.04. The number of hydrogen-bond acceptors (Lipinski definition) is 3. The fourth-order valence-corrected chi connectivity index (χ4v) is 2.66. The van der Waals surface area contributed by atoms with Crippen LogP contribution in [0, 0.1) is 0 Å². The molecule has 6 heteroatoms. The van der Waals surface area contributed by atoms with Crippen molar-refractivity contribution in [2.24, 2.45) is 0 Å². The molecule has 1 atom stereocenters. The summed E-state index contributed by atoms with van der Waals surface area (Å²) in [5, 5.41) is 12.2. The van der Waals surface area contributed by atoms with E-state index in [0.29, 0.717) is 6.54 Å². The van der Waals surface area contributed by atoms with Crippen molar-refractivity contribution >= 4 is 6.03 Å². The monoisotopic (exact) mass is 314 g/mol. The number of urea groups is 1. The smallest absolute Gasteiger partial charge is 0.318 e. The molecule has 0 unspecified atom stereocenters. The number of nitrogens with one attached hydrogen (secondary N) is 1. The summed E-state index contributed by atoms with van der Waals surface area (Å²) < 4.78 is 1.93. The lowest BCUT2D eigenvalue weighted by Gasteiger charge is -2.24. The Morgan fingerprint density at radius 3 is 3.00 bits per heavy atom. The van der Waals surface area contributed by atoms with Crippen LogP contribution >= 0.6 is 0 Å². The number of aromatic nitrogens is 2. The number of nitrogens with zero attached hydrogens (tertiary/aromatic N) is 3. The van der Waals surface area contributed by atoms with Gasteiger partial charge >= 0.3 is 6.03 Å². The van der Waals surface area contributed by atoms with Crippen LogP contribution in [0.2, 0.25) is 0 Å². The third-order valence-electron chi connectivity index (χ3n) is 4.10. The minimum Gasteiger partial charge on any atom is -0.395 e. The van der Waals surface area contributed by atoms with Crippen molar-refractivity contribution in [3.63, 3.8) is 0 Å². The molecule has 6 nitrogen and oxygen atoms in total. The van der Waals surface area contributed by atoms with Gasteiger partial charge < -0.3 is 19.9 Å². The van der Waals surface area contributed by atoms with Gasteiger partial charge in [-0.2, -0.15) is 0 Å². The molecular weight excluding hydrogens is 292 g/mol. The van der Waals surface area contributed by atoms with Crippen LogP contribution < -0.4 is 5.32 Å². The average molecular weight is 314 g/mol. The molecule has 0 aliphatic heterocycles. The summed E-state index contributed by atoms with van der Waals surface area (Å²) in [6.45, 7) is 2.35. The number of carbonyl (C=O) groups excluding carboxylic acids is 1. The molecule has 0 radical (unpaired) electrons. The molecule has 1 aliphatic rings. The predicted octanol–water partition coefficient (Wildman–Crippen LogP) is 2.10. The topological polar surface area (TPSA) is 70.4 Å². The molecule has 122 valence electrons. The standard InChI is InChI=1S/C17H22N4O2/c1-13(19-17(23)21(9-10-22)15-5-6-15)14-3-2-4-16(11-14)20-8-7-18-12-20/h2-4,7-8,11-13,15,22H,5-6,9-10H2,1H3,(H,19,23)/t13-/m1/s1. The Hall–Kier alpha value is -2.34. The highest BCUT2D eigenvalue weighted by Crippen LogP contribution is 2.27. The minimum absolute atomic E-state index is 0.00554. The summed E-state index contributed by atoms with van der Waals surface area (Å²) in [4.78, 5) is 18.2. The van der Waals surface area contributed by atoms with Crippen molar-refractivity contribution in [1.82, 2.24) is 19.8 Å². The van der Waals surface area contributed by atoms with Gasteiger partial charge in [-0.1, -0.05) is 12.1 Å². The third kappa shape index (κ3) is 3.71. The maximum absolute atomic E-state index is 12.4. The second-order valence-corrected chi connectivity index (χ2v) is 5.88. The first-order valence-corrected chi connectivity index (χ1v) is 7.95. The first-order valence-electron chi connectivity index (χ1n) is 7.95. The van der Waals surface area contributed by atoms with Crippen LogP contribution in [0.25, 0.3) is 5.69 Å². The molecule has 2 N–H and O–H groups in total. The van der Waals surface area contributed by atoms with Gasteiger partial charge in [0.05, 0.1) is 19.0 Å². The van der Waals surface area contributed by atoms with Crippen LogP contribution in [0.4, 0.5) is 4.79 Å². The normalized spacial score (nSPS) is 15.2. The number of aliphatic hydroxyl groups excluding tert-OH is 1. The fraction of sp³-hybridized carbons (Fsp3) is 0.412. The molecule has 1 aromatic heterocycles.